The van der Waals surface area contributed by atoms with Gasteiger partial charge in [-0.25, -0.2) is 0 Å². The molecule has 0 aromatic heterocycles. The first-order valence-electron chi connectivity index (χ1n) is 29.4. The van der Waals surface area contributed by atoms with Crippen LogP contribution in [0.3, 0.4) is 0 Å². The molecule has 0 aromatic carbocycles. The second kappa shape index (κ2) is 52.5. The van der Waals surface area contributed by atoms with Gasteiger partial charge in [0.25, 0.3) is 7.82 Å². The molecule has 0 heterocycles. The third-order valence-electron chi connectivity index (χ3n) is 12.9. The van der Waals surface area contributed by atoms with E-state index in [1.807, 2.05) is 21.1 Å². The summed E-state index contributed by atoms with van der Waals surface area (Å²) in [4.78, 5) is 25.4. The molecule has 0 aliphatic heterocycles. The average molecular weight is 1010 g/mol. The molecule has 9 heteroatoms. The molecular formula is C62H113N2O6P. The van der Waals surface area contributed by atoms with Crippen molar-refractivity contribution < 1.29 is 32.9 Å². The van der Waals surface area contributed by atoms with Crippen molar-refractivity contribution >= 4 is 13.7 Å². The number of nitrogens with one attached hydrogen (secondary N) is 1. The molecule has 0 radical (unpaired) electrons. The minimum absolute atomic E-state index is 0.0110. The molecule has 3 atom stereocenters. The second-order valence-corrected chi connectivity index (χ2v) is 22.4. The monoisotopic (exact) mass is 1010 g/mol. The lowest BCUT2D eigenvalue weighted by Crippen LogP contribution is -2.46. The van der Waals surface area contributed by atoms with Gasteiger partial charge in [-0.05, 0) is 70.6 Å². The average Bonchev–Trinajstić information content (AvgIpc) is 3.33. The molecule has 0 saturated carbocycles. The highest BCUT2D eigenvalue weighted by molar-refractivity contribution is 7.45. The fourth-order valence-electron chi connectivity index (χ4n) is 8.32. The van der Waals surface area contributed by atoms with Crippen molar-refractivity contribution in [2.24, 2.45) is 0 Å². The number of quaternary nitrogens is 1. The zero-order valence-electron chi connectivity index (χ0n) is 46.9. The van der Waals surface area contributed by atoms with Crippen molar-refractivity contribution in [3.8, 4) is 0 Å². The standard InChI is InChI=1S/C62H113N2O6P/c1-6-8-10-12-14-16-17-18-19-20-21-22-23-24-25-26-27-28-29-30-31-32-33-34-35-36-37-38-39-40-41-42-43-44-45-46-47-48-50-52-54-56-62(66)63-60(59-70-71(67,68)69-58-57-64(3,4)5)61(65)55-53-51-49-15-13-11-9-7-2/h8,10,14,16,18-19,21-22,24-25,27-28,30-31,60-61,65H,6-7,9,11-13,15,17,20,23,26,29,32-59H2,1-5H3,(H-,63,66,67,68)/b10-8-,16-14-,19-18-,22-21-,25-24-,28-27-,31-30-. The maximum Gasteiger partial charge on any atom is 0.268 e. The molecule has 412 valence electrons. The van der Waals surface area contributed by atoms with Crippen LogP contribution < -0.4 is 10.2 Å². The summed E-state index contributed by atoms with van der Waals surface area (Å²) in [5.74, 6) is -0.168. The van der Waals surface area contributed by atoms with Crippen molar-refractivity contribution in [3.63, 3.8) is 0 Å². The van der Waals surface area contributed by atoms with Crippen LogP contribution in [0.25, 0.3) is 0 Å². The summed E-state index contributed by atoms with van der Waals surface area (Å²) < 4.78 is 23.3. The van der Waals surface area contributed by atoms with Gasteiger partial charge in [-0.15, -0.1) is 0 Å². The highest BCUT2D eigenvalue weighted by atomic mass is 31.2. The molecule has 0 aromatic rings. The number of carbonyl (C=O) groups is 1. The first-order valence-corrected chi connectivity index (χ1v) is 30.9. The van der Waals surface area contributed by atoms with Crippen LogP contribution in [0.4, 0.5) is 0 Å². The van der Waals surface area contributed by atoms with Gasteiger partial charge >= 0.3 is 0 Å². The van der Waals surface area contributed by atoms with Crippen LogP contribution in [0.1, 0.15) is 251 Å². The van der Waals surface area contributed by atoms with Gasteiger partial charge in [0.2, 0.25) is 5.91 Å². The molecule has 3 unspecified atom stereocenters. The summed E-state index contributed by atoms with van der Waals surface area (Å²) in [7, 11) is 1.30. The van der Waals surface area contributed by atoms with E-state index in [-0.39, 0.29) is 19.1 Å². The zero-order valence-corrected chi connectivity index (χ0v) is 47.8. The smallest absolute Gasteiger partial charge is 0.268 e. The van der Waals surface area contributed by atoms with Crippen molar-refractivity contribution in [3.05, 3.63) is 85.1 Å². The van der Waals surface area contributed by atoms with Gasteiger partial charge in [0.05, 0.1) is 39.9 Å². The zero-order chi connectivity index (χ0) is 52.0. The van der Waals surface area contributed by atoms with E-state index in [2.05, 4.69) is 104 Å². The van der Waals surface area contributed by atoms with Crippen molar-refractivity contribution in [1.82, 2.24) is 5.32 Å². The Morgan fingerprint density at radius 3 is 1.25 bits per heavy atom. The van der Waals surface area contributed by atoms with E-state index in [0.717, 1.165) is 83.5 Å². The van der Waals surface area contributed by atoms with Gasteiger partial charge < -0.3 is 28.8 Å². The van der Waals surface area contributed by atoms with E-state index < -0.39 is 20.0 Å². The van der Waals surface area contributed by atoms with Gasteiger partial charge in [0, 0.05) is 6.42 Å². The molecule has 71 heavy (non-hydrogen) atoms. The number of likely N-dealkylation sites (N-methyl/N-ethyl adjacent to an activating group) is 1. The normalized spacial score (nSPS) is 14.5. The molecule has 0 rings (SSSR count). The lowest BCUT2D eigenvalue weighted by atomic mass is 10.0. The Morgan fingerprint density at radius 1 is 0.507 bits per heavy atom. The predicted molar refractivity (Wildman–Crippen MR) is 307 cm³/mol. The number of amides is 1. The van der Waals surface area contributed by atoms with Crippen molar-refractivity contribution in [2.75, 3.05) is 40.9 Å². The molecule has 0 aliphatic rings. The molecule has 1 amide bonds. The van der Waals surface area contributed by atoms with E-state index in [1.165, 1.54) is 141 Å². The minimum Gasteiger partial charge on any atom is -0.756 e. The quantitative estimate of drug-likeness (QED) is 0.0272. The number of unbranched alkanes of at least 4 members (excludes halogenated alkanes) is 26. The van der Waals surface area contributed by atoms with Crippen molar-refractivity contribution in [1.29, 1.82) is 0 Å². The lowest BCUT2D eigenvalue weighted by molar-refractivity contribution is -0.870. The third kappa shape index (κ3) is 55.3. The molecule has 0 aliphatic carbocycles. The van der Waals surface area contributed by atoms with Gasteiger partial charge in [-0.2, -0.15) is 0 Å². The fourth-order valence-corrected chi connectivity index (χ4v) is 9.04. The van der Waals surface area contributed by atoms with Crippen LogP contribution in [0.2, 0.25) is 0 Å². The Bertz CT molecular complexity index is 1430. The summed E-state index contributed by atoms with van der Waals surface area (Å²) in [5.41, 5.74) is 0. The molecular weight excluding hydrogens is 900 g/mol. The SMILES string of the molecule is CC/C=C\C/C=C\C/C=C\C/C=C\C/C=C\C/C=C\C/C=C\CCCCCCCCCCCCCCCCCCCCCC(=O)NC(COP(=O)([O-])OCC[N+](C)(C)C)C(O)CCCCCCCCCC. The summed E-state index contributed by atoms with van der Waals surface area (Å²) in [6.45, 7) is 4.57. The van der Waals surface area contributed by atoms with Crippen LogP contribution >= 0.6 is 7.82 Å². The number of carbonyl (C=O) groups excluding carboxylic acids is 1. The summed E-state index contributed by atoms with van der Waals surface area (Å²) >= 11 is 0. The fraction of sp³-hybridized carbons (Fsp3) is 0.758. The first kappa shape index (κ1) is 68.7. The van der Waals surface area contributed by atoms with E-state index in [1.54, 1.807) is 0 Å². The molecule has 0 fully saturated rings. The summed E-state index contributed by atoms with van der Waals surface area (Å²) in [6.07, 6.45) is 73.7. The number of rotatable bonds is 53. The van der Waals surface area contributed by atoms with E-state index in [4.69, 9.17) is 9.05 Å². The van der Waals surface area contributed by atoms with Crippen LogP contribution in [0.5, 0.6) is 0 Å². The topological polar surface area (TPSA) is 108 Å². The molecule has 8 nitrogen and oxygen atoms in total. The number of aliphatic hydroxyl groups is 1. The van der Waals surface area contributed by atoms with E-state index in [9.17, 15) is 19.4 Å². The van der Waals surface area contributed by atoms with E-state index in [0.29, 0.717) is 23.9 Å². The number of aliphatic hydroxyl groups excluding tert-OH is 1. The molecule has 0 saturated heterocycles. The second-order valence-electron chi connectivity index (χ2n) is 21.0. The number of hydrogen-bond acceptors (Lipinski definition) is 6. The Kier molecular flexibility index (Phi) is 50.8. The summed E-state index contributed by atoms with van der Waals surface area (Å²) in [6, 6.07) is -0.799. The highest BCUT2D eigenvalue weighted by Gasteiger charge is 2.24. The Hall–Kier alpha value is -2.32. The number of hydrogen-bond donors (Lipinski definition) is 2. The molecule has 2 N–H and O–H groups in total. The number of allylic oxidation sites excluding steroid dienone is 14. The van der Waals surface area contributed by atoms with Crippen molar-refractivity contribution in [2.45, 2.75) is 264 Å². The largest absolute Gasteiger partial charge is 0.756 e. The maximum atomic E-state index is 12.9. The van der Waals surface area contributed by atoms with Gasteiger partial charge in [0.1, 0.15) is 13.2 Å². The number of nitrogens with zero attached hydrogens (tertiary/aromatic N) is 1. The van der Waals surface area contributed by atoms with Crippen LogP contribution in [0, 0.1) is 0 Å². The maximum absolute atomic E-state index is 12.9. The van der Waals surface area contributed by atoms with Gasteiger partial charge in [0.15, 0.2) is 0 Å². The van der Waals surface area contributed by atoms with Crippen LogP contribution in [-0.4, -0.2) is 68.5 Å². The highest BCUT2D eigenvalue weighted by Crippen LogP contribution is 2.38. The lowest BCUT2D eigenvalue weighted by Gasteiger charge is -2.30. The van der Waals surface area contributed by atoms with Gasteiger partial charge in [-0.1, -0.05) is 259 Å². The molecule has 0 spiro atoms. The third-order valence-corrected chi connectivity index (χ3v) is 13.9. The Morgan fingerprint density at radius 2 is 0.859 bits per heavy atom. The van der Waals surface area contributed by atoms with Crippen LogP contribution in [-0.2, 0) is 18.4 Å². The van der Waals surface area contributed by atoms with Crippen LogP contribution in [0.15, 0.2) is 85.1 Å². The first-order chi connectivity index (χ1) is 34.5. The Labute approximate surface area is 439 Å². The molecule has 0 bridgehead atoms. The van der Waals surface area contributed by atoms with Gasteiger partial charge in [-0.3, -0.25) is 9.36 Å². The Balaban J connectivity index is 3.82. The number of phosphoric acid groups is 1. The summed E-state index contributed by atoms with van der Waals surface area (Å²) in [5, 5.41) is 13.9. The number of phosphoric ester groups is 1. The van der Waals surface area contributed by atoms with E-state index >= 15 is 0 Å². The predicted octanol–water partition coefficient (Wildman–Crippen LogP) is 17.4. The minimum atomic E-state index is -4.56.